The van der Waals surface area contributed by atoms with Crippen LogP contribution in [0.15, 0.2) is 18.2 Å². The maximum atomic E-state index is 12.7. The zero-order valence-corrected chi connectivity index (χ0v) is 12.5. The summed E-state index contributed by atoms with van der Waals surface area (Å²) in [4.78, 5) is 24.9. The average Bonchev–Trinajstić information content (AvgIpc) is 2.45. The first kappa shape index (κ1) is 15.7. The van der Waals surface area contributed by atoms with E-state index in [2.05, 4.69) is 0 Å². The SMILES string of the molecule is CC1CCCN(C(=O)c2c(Cl)cccc2[N+](=O)[O-])C1CN. The van der Waals surface area contributed by atoms with Gasteiger partial charge in [-0.15, -0.1) is 0 Å². The molecule has 2 N–H and O–H groups in total. The van der Waals surface area contributed by atoms with E-state index < -0.39 is 10.8 Å². The van der Waals surface area contributed by atoms with Gasteiger partial charge in [0.1, 0.15) is 5.56 Å². The molecular weight excluding hydrogens is 294 g/mol. The number of amides is 1. The van der Waals surface area contributed by atoms with Crippen LogP contribution < -0.4 is 5.73 Å². The largest absolute Gasteiger partial charge is 0.334 e. The van der Waals surface area contributed by atoms with Crippen LogP contribution in [0.3, 0.4) is 0 Å². The van der Waals surface area contributed by atoms with E-state index in [0.717, 1.165) is 12.8 Å². The number of nitro benzene ring substituents is 1. The van der Waals surface area contributed by atoms with Gasteiger partial charge in [-0.1, -0.05) is 24.6 Å². The highest BCUT2D eigenvalue weighted by Gasteiger charge is 2.35. The number of carbonyl (C=O) groups is 1. The van der Waals surface area contributed by atoms with Crippen LogP contribution in [-0.2, 0) is 0 Å². The second-order valence-corrected chi connectivity index (χ2v) is 5.72. The van der Waals surface area contributed by atoms with Crippen LogP contribution >= 0.6 is 11.6 Å². The lowest BCUT2D eigenvalue weighted by molar-refractivity contribution is -0.385. The molecule has 1 aliphatic heterocycles. The highest BCUT2D eigenvalue weighted by Crippen LogP contribution is 2.31. The van der Waals surface area contributed by atoms with E-state index in [-0.39, 0.29) is 28.2 Å². The zero-order chi connectivity index (χ0) is 15.6. The topological polar surface area (TPSA) is 89.5 Å². The number of benzene rings is 1. The van der Waals surface area contributed by atoms with E-state index >= 15 is 0 Å². The lowest BCUT2D eigenvalue weighted by atomic mass is 9.90. The maximum Gasteiger partial charge on any atom is 0.283 e. The molecule has 1 fully saturated rings. The van der Waals surface area contributed by atoms with Gasteiger partial charge in [-0.3, -0.25) is 14.9 Å². The summed E-state index contributed by atoms with van der Waals surface area (Å²) >= 11 is 6.03. The summed E-state index contributed by atoms with van der Waals surface area (Å²) in [5, 5.41) is 11.2. The molecular formula is C14H18ClN3O3. The molecule has 1 amide bonds. The number of nitrogens with two attached hydrogens (primary N) is 1. The summed E-state index contributed by atoms with van der Waals surface area (Å²) in [5.41, 5.74) is 5.47. The van der Waals surface area contributed by atoms with Gasteiger partial charge in [0.2, 0.25) is 0 Å². The predicted molar refractivity (Wildman–Crippen MR) is 80.4 cm³/mol. The van der Waals surface area contributed by atoms with E-state index in [9.17, 15) is 14.9 Å². The minimum atomic E-state index is -0.579. The van der Waals surface area contributed by atoms with Gasteiger partial charge in [0, 0.05) is 25.2 Å². The van der Waals surface area contributed by atoms with Gasteiger partial charge in [-0.25, -0.2) is 0 Å². The number of nitro groups is 1. The van der Waals surface area contributed by atoms with Crippen molar-refractivity contribution in [3.8, 4) is 0 Å². The van der Waals surface area contributed by atoms with Crippen molar-refractivity contribution in [1.82, 2.24) is 4.90 Å². The van der Waals surface area contributed by atoms with Crippen molar-refractivity contribution < 1.29 is 9.72 Å². The minimum absolute atomic E-state index is 0.0447. The van der Waals surface area contributed by atoms with Gasteiger partial charge in [-0.2, -0.15) is 0 Å². The third-order valence-electron chi connectivity index (χ3n) is 4.02. The molecule has 0 spiro atoms. The molecule has 0 aliphatic carbocycles. The standard InChI is InChI=1S/C14H18ClN3O3/c1-9-4-3-7-17(12(9)8-16)14(19)13-10(15)5-2-6-11(13)18(20)21/h2,5-6,9,12H,3-4,7-8,16H2,1H3. The monoisotopic (exact) mass is 311 g/mol. The Morgan fingerprint density at radius 1 is 1.57 bits per heavy atom. The molecule has 2 unspecified atom stereocenters. The van der Waals surface area contributed by atoms with Crippen LogP contribution in [0.1, 0.15) is 30.1 Å². The quantitative estimate of drug-likeness (QED) is 0.686. The Kier molecular flexibility index (Phi) is 4.80. The lowest BCUT2D eigenvalue weighted by Crippen LogP contribution is -2.51. The van der Waals surface area contributed by atoms with Gasteiger partial charge in [0.15, 0.2) is 0 Å². The van der Waals surface area contributed by atoms with E-state index in [0.29, 0.717) is 13.1 Å². The lowest BCUT2D eigenvalue weighted by Gasteiger charge is -2.39. The molecule has 0 bridgehead atoms. The first-order valence-electron chi connectivity index (χ1n) is 6.91. The van der Waals surface area contributed by atoms with Crippen LogP contribution in [0.25, 0.3) is 0 Å². The smallest absolute Gasteiger partial charge is 0.283 e. The highest BCUT2D eigenvalue weighted by atomic mass is 35.5. The summed E-state index contributed by atoms with van der Waals surface area (Å²) in [6.07, 6.45) is 1.86. The third-order valence-corrected chi connectivity index (χ3v) is 4.34. The summed E-state index contributed by atoms with van der Waals surface area (Å²) in [6.45, 7) is 2.93. The Hall–Kier alpha value is -1.66. The first-order chi connectivity index (χ1) is 9.97. The van der Waals surface area contributed by atoms with E-state index in [4.69, 9.17) is 17.3 Å². The van der Waals surface area contributed by atoms with Crippen molar-refractivity contribution in [2.45, 2.75) is 25.8 Å². The third kappa shape index (κ3) is 3.01. The first-order valence-corrected chi connectivity index (χ1v) is 7.29. The molecule has 2 rings (SSSR count). The predicted octanol–water partition coefficient (Wildman–Crippen LogP) is 2.45. The maximum absolute atomic E-state index is 12.7. The van der Waals surface area contributed by atoms with Gasteiger partial charge >= 0.3 is 0 Å². The Labute approximate surface area is 128 Å². The zero-order valence-electron chi connectivity index (χ0n) is 11.8. The molecule has 2 atom stereocenters. The van der Waals surface area contributed by atoms with Gasteiger partial charge in [0.05, 0.1) is 9.95 Å². The molecule has 21 heavy (non-hydrogen) atoms. The molecule has 114 valence electrons. The summed E-state index contributed by atoms with van der Waals surface area (Å²) in [6, 6.07) is 4.15. The number of likely N-dealkylation sites (tertiary alicyclic amines) is 1. The number of carbonyl (C=O) groups excluding carboxylic acids is 1. The van der Waals surface area contributed by atoms with Crippen molar-refractivity contribution in [2.75, 3.05) is 13.1 Å². The summed E-state index contributed by atoms with van der Waals surface area (Å²) < 4.78 is 0. The molecule has 1 heterocycles. The highest BCUT2D eigenvalue weighted by molar-refractivity contribution is 6.34. The second-order valence-electron chi connectivity index (χ2n) is 5.31. The van der Waals surface area contributed by atoms with Crippen molar-refractivity contribution >= 4 is 23.2 Å². The van der Waals surface area contributed by atoms with Crippen LogP contribution in [0.2, 0.25) is 5.02 Å². The Bertz CT molecular complexity index is 564. The van der Waals surface area contributed by atoms with Crippen LogP contribution in [0.4, 0.5) is 5.69 Å². The summed E-state index contributed by atoms with van der Waals surface area (Å²) in [7, 11) is 0. The Balaban J connectivity index is 2.42. The number of piperidine rings is 1. The minimum Gasteiger partial charge on any atom is -0.334 e. The molecule has 6 nitrogen and oxygen atoms in total. The average molecular weight is 312 g/mol. The molecule has 1 aliphatic rings. The number of hydrogen-bond donors (Lipinski definition) is 1. The van der Waals surface area contributed by atoms with Crippen molar-refractivity contribution in [2.24, 2.45) is 11.7 Å². The molecule has 7 heteroatoms. The second kappa shape index (κ2) is 6.41. The molecule has 1 aromatic rings. The van der Waals surface area contributed by atoms with Crippen molar-refractivity contribution in [3.63, 3.8) is 0 Å². The van der Waals surface area contributed by atoms with Crippen molar-refractivity contribution in [1.29, 1.82) is 0 Å². The van der Waals surface area contributed by atoms with E-state index in [1.807, 2.05) is 6.92 Å². The van der Waals surface area contributed by atoms with E-state index in [1.165, 1.54) is 18.2 Å². The molecule has 1 saturated heterocycles. The molecule has 0 aromatic heterocycles. The number of nitrogens with zero attached hydrogens (tertiary/aromatic N) is 2. The Morgan fingerprint density at radius 2 is 2.29 bits per heavy atom. The van der Waals surface area contributed by atoms with Crippen molar-refractivity contribution in [3.05, 3.63) is 38.9 Å². The molecule has 1 aromatic carbocycles. The Morgan fingerprint density at radius 3 is 2.90 bits per heavy atom. The fourth-order valence-electron chi connectivity index (χ4n) is 2.88. The van der Waals surface area contributed by atoms with Gasteiger partial charge in [0.25, 0.3) is 11.6 Å². The fourth-order valence-corrected chi connectivity index (χ4v) is 3.13. The fraction of sp³-hybridized carbons (Fsp3) is 0.500. The number of rotatable bonds is 3. The van der Waals surface area contributed by atoms with Gasteiger partial charge in [-0.05, 0) is 24.8 Å². The molecule has 0 radical (unpaired) electrons. The van der Waals surface area contributed by atoms with E-state index in [1.54, 1.807) is 4.90 Å². The normalized spacial score (nSPS) is 22.1. The van der Waals surface area contributed by atoms with Crippen LogP contribution in [0, 0.1) is 16.0 Å². The number of halogens is 1. The number of hydrogen-bond acceptors (Lipinski definition) is 4. The molecule has 0 saturated carbocycles. The van der Waals surface area contributed by atoms with Gasteiger partial charge < -0.3 is 10.6 Å². The van der Waals surface area contributed by atoms with Crippen LogP contribution in [0.5, 0.6) is 0 Å². The van der Waals surface area contributed by atoms with Crippen LogP contribution in [-0.4, -0.2) is 34.9 Å². The summed E-state index contributed by atoms with van der Waals surface area (Å²) in [5.74, 6) is -0.136.